The van der Waals surface area contributed by atoms with E-state index in [4.69, 9.17) is 14.2 Å². The van der Waals surface area contributed by atoms with Gasteiger partial charge < -0.3 is 19.1 Å². The Morgan fingerprint density at radius 2 is 1.85 bits per heavy atom. The standard InChI is InChI=1S/C28H26N2O4/c1-20-6-5-8-24(16-20)33-14-15-34-26-11-10-21(18-27(26)32-2)17-23(19-29)28(31)30-13-12-22-7-3-4-9-25(22)30/h3-11,16-18H,12-15H2,1-2H3. The summed E-state index contributed by atoms with van der Waals surface area (Å²) in [6.07, 6.45) is 2.37. The third-order valence-corrected chi connectivity index (χ3v) is 5.58. The Balaban J connectivity index is 1.42. The number of fused-ring (bicyclic) bond motifs is 1. The summed E-state index contributed by atoms with van der Waals surface area (Å²) < 4.78 is 17.0. The van der Waals surface area contributed by atoms with Crippen molar-refractivity contribution in [1.82, 2.24) is 0 Å². The Labute approximate surface area is 199 Å². The molecule has 6 nitrogen and oxygen atoms in total. The maximum atomic E-state index is 13.0. The lowest BCUT2D eigenvalue weighted by molar-refractivity contribution is -0.114. The minimum Gasteiger partial charge on any atom is -0.493 e. The molecule has 1 amide bonds. The van der Waals surface area contributed by atoms with Crippen LogP contribution >= 0.6 is 0 Å². The molecule has 0 radical (unpaired) electrons. The third kappa shape index (κ3) is 5.21. The predicted molar refractivity (Wildman–Crippen MR) is 131 cm³/mol. The SMILES string of the molecule is COc1cc(C=C(C#N)C(=O)N2CCc3ccccc32)ccc1OCCOc1cccc(C)c1. The molecule has 0 unspecified atom stereocenters. The van der Waals surface area contributed by atoms with Crippen molar-refractivity contribution >= 4 is 17.7 Å². The van der Waals surface area contributed by atoms with E-state index in [2.05, 4.69) is 6.07 Å². The first-order chi connectivity index (χ1) is 16.6. The van der Waals surface area contributed by atoms with Crippen molar-refractivity contribution in [2.45, 2.75) is 13.3 Å². The molecule has 0 fully saturated rings. The number of nitriles is 1. The number of amides is 1. The molecule has 0 spiro atoms. The van der Waals surface area contributed by atoms with E-state index >= 15 is 0 Å². The summed E-state index contributed by atoms with van der Waals surface area (Å²) >= 11 is 0. The molecule has 6 heteroatoms. The van der Waals surface area contributed by atoms with Crippen LogP contribution in [0.1, 0.15) is 16.7 Å². The van der Waals surface area contributed by atoms with E-state index in [1.54, 1.807) is 36.3 Å². The van der Waals surface area contributed by atoms with Gasteiger partial charge in [0.05, 0.1) is 7.11 Å². The second-order valence-corrected chi connectivity index (χ2v) is 7.93. The quantitative estimate of drug-likeness (QED) is 0.273. The van der Waals surface area contributed by atoms with Gasteiger partial charge in [0.1, 0.15) is 30.6 Å². The highest BCUT2D eigenvalue weighted by Gasteiger charge is 2.26. The van der Waals surface area contributed by atoms with Crippen molar-refractivity contribution in [3.63, 3.8) is 0 Å². The fourth-order valence-electron chi connectivity index (χ4n) is 3.91. The zero-order valence-electron chi connectivity index (χ0n) is 19.3. The van der Waals surface area contributed by atoms with Gasteiger partial charge in [0.15, 0.2) is 11.5 Å². The number of carbonyl (C=O) groups is 1. The van der Waals surface area contributed by atoms with Crippen LogP contribution in [0.5, 0.6) is 17.2 Å². The van der Waals surface area contributed by atoms with Gasteiger partial charge in [-0.05, 0) is 66.4 Å². The molecule has 1 aliphatic rings. The van der Waals surface area contributed by atoms with Crippen LogP contribution in [-0.2, 0) is 11.2 Å². The van der Waals surface area contributed by atoms with Crippen molar-refractivity contribution in [1.29, 1.82) is 5.26 Å². The predicted octanol–water partition coefficient (Wildman–Crippen LogP) is 4.96. The molecular weight excluding hydrogens is 428 g/mol. The van der Waals surface area contributed by atoms with Crippen LogP contribution in [-0.4, -0.2) is 32.8 Å². The van der Waals surface area contributed by atoms with Crippen LogP contribution in [0.25, 0.3) is 6.08 Å². The number of carbonyl (C=O) groups excluding carboxylic acids is 1. The van der Waals surface area contributed by atoms with Gasteiger partial charge in [-0.15, -0.1) is 0 Å². The zero-order chi connectivity index (χ0) is 23.9. The van der Waals surface area contributed by atoms with Crippen LogP contribution in [0, 0.1) is 18.3 Å². The van der Waals surface area contributed by atoms with Gasteiger partial charge in [0, 0.05) is 12.2 Å². The molecule has 0 saturated heterocycles. The lowest BCUT2D eigenvalue weighted by atomic mass is 10.1. The van der Waals surface area contributed by atoms with Crippen molar-refractivity contribution in [2.75, 3.05) is 31.8 Å². The summed E-state index contributed by atoms with van der Waals surface area (Å²) in [5, 5.41) is 9.67. The van der Waals surface area contributed by atoms with Crippen LogP contribution in [0.15, 0.2) is 72.3 Å². The summed E-state index contributed by atoms with van der Waals surface area (Å²) in [5.74, 6) is 1.57. The number of para-hydroxylation sites is 1. The molecular formula is C28H26N2O4. The van der Waals surface area contributed by atoms with E-state index in [9.17, 15) is 10.1 Å². The van der Waals surface area contributed by atoms with Crippen molar-refractivity contribution in [2.24, 2.45) is 0 Å². The van der Waals surface area contributed by atoms with E-state index in [1.807, 2.05) is 55.5 Å². The molecule has 0 N–H and O–H groups in total. The van der Waals surface area contributed by atoms with Crippen LogP contribution in [0.4, 0.5) is 5.69 Å². The van der Waals surface area contributed by atoms with E-state index < -0.39 is 0 Å². The van der Waals surface area contributed by atoms with Gasteiger partial charge >= 0.3 is 0 Å². The smallest absolute Gasteiger partial charge is 0.268 e. The number of ether oxygens (including phenoxy) is 3. The number of nitrogens with zero attached hydrogens (tertiary/aromatic N) is 2. The third-order valence-electron chi connectivity index (χ3n) is 5.58. The summed E-state index contributed by atoms with van der Waals surface area (Å²) in [5.41, 5.74) is 3.86. The number of benzene rings is 3. The molecule has 0 atom stereocenters. The minimum atomic E-state index is -0.306. The van der Waals surface area contributed by atoms with Crippen molar-refractivity contribution in [3.8, 4) is 23.3 Å². The summed E-state index contributed by atoms with van der Waals surface area (Å²) in [4.78, 5) is 14.7. The Morgan fingerprint density at radius 3 is 2.65 bits per heavy atom. The number of methoxy groups -OCH3 is 1. The molecule has 0 bridgehead atoms. The number of rotatable bonds is 8. The van der Waals surface area contributed by atoms with Gasteiger partial charge in [-0.2, -0.15) is 5.26 Å². The molecule has 4 rings (SSSR count). The van der Waals surface area contributed by atoms with E-state index in [1.165, 1.54) is 0 Å². The van der Waals surface area contributed by atoms with Crippen LogP contribution < -0.4 is 19.1 Å². The van der Waals surface area contributed by atoms with Crippen molar-refractivity contribution < 1.29 is 19.0 Å². The summed E-state index contributed by atoms with van der Waals surface area (Å²) in [6, 6.07) is 23.0. The minimum absolute atomic E-state index is 0.0685. The molecule has 0 aliphatic carbocycles. The number of hydrogen-bond acceptors (Lipinski definition) is 5. The lowest BCUT2D eigenvalue weighted by Crippen LogP contribution is -2.29. The Kier molecular flexibility index (Phi) is 7.14. The van der Waals surface area contributed by atoms with Gasteiger partial charge in [0.2, 0.25) is 0 Å². The summed E-state index contributed by atoms with van der Waals surface area (Å²) in [6.45, 7) is 3.31. The Bertz CT molecular complexity index is 1260. The average molecular weight is 455 g/mol. The van der Waals surface area contributed by atoms with Gasteiger partial charge in [0.25, 0.3) is 5.91 Å². The monoisotopic (exact) mass is 454 g/mol. The van der Waals surface area contributed by atoms with E-state index in [-0.39, 0.29) is 11.5 Å². The van der Waals surface area contributed by atoms with Gasteiger partial charge in [-0.1, -0.05) is 36.4 Å². The van der Waals surface area contributed by atoms with Gasteiger partial charge in [-0.3, -0.25) is 4.79 Å². The topological polar surface area (TPSA) is 71.8 Å². The molecule has 172 valence electrons. The summed E-state index contributed by atoms with van der Waals surface area (Å²) in [7, 11) is 1.55. The fourth-order valence-corrected chi connectivity index (χ4v) is 3.91. The lowest BCUT2D eigenvalue weighted by Gasteiger charge is -2.16. The first-order valence-corrected chi connectivity index (χ1v) is 11.1. The first kappa shape index (κ1) is 22.9. The average Bonchev–Trinajstić information content (AvgIpc) is 3.29. The second kappa shape index (κ2) is 10.6. The molecule has 0 aromatic heterocycles. The number of hydrogen-bond donors (Lipinski definition) is 0. The molecule has 3 aromatic rings. The van der Waals surface area contributed by atoms with Crippen LogP contribution in [0.2, 0.25) is 0 Å². The van der Waals surface area contributed by atoms with Crippen molar-refractivity contribution in [3.05, 3.63) is 89.0 Å². The highest BCUT2D eigenvalue weighted by Crippen LogP contribution is 2.31. The molecule has 1 heterocycles. The Hall–Kier alpha value is -4.24. The van der Waals surface area contributed by atoms with Gasteiger partial charge in [-0.25, -0.2) is 0 Å². The Morgan fingerprint density at radius 1 is 1.03 bits per heavy atom. The number of anilines is 1. The number of aryl methyl sites for hydroxylation is 1. The maximum absolute atomic E-state index is 13.0. The maximum Gasteiger partial charge on any atom is 0.268 e. The first-order valence-electron chi connectivity index (χ1n) is 11.1. The molecule has 34 heavy (non-hydrogen) atoms. The normalized spacial score (nSPS) is 12.6. The molecule has 0 saturated carbocycles. The van der Waals surface area contributed by atoms with Crippen LogP contribution in [0.3, 0.4) is 0 Å². The highest BCUT2D eigenvalue weighted by atomic mass is 16.5. The van der Waals surface area contributed by atoms with E-state index in [0.29, 0.717) is 36.8 Å². The second-order valence-electron chi connectivity index (χ2n) is 7.93. The zero-order valence-corrected chi connectivity index (χ0v) is 19.3. The molecule has 3 aromatic carbocycles. The highest BCUT2D eigenvalue weighted by molar-refractivity contribution is 6.12. The van der Waals surface area contributed by atoms with E-state index in [0.717, 1.165) is 29.0 Å². The largest absolute Gasteiger partial charge is 0.493 e. The molecule has 1 aliphatic heterocycles. The fraction of sp³-hybridized carbons (Fsp3) is 0.214.